The van der Waals surface area contributed by atoms with Gasteiger partial charge in [-0.1, -0.05) is 10.3 Å². The Balaban J connectivity index is 1.73. The van der Waals surface area contributed by atoms with Crippen LogP contribution in [0, 0.1) is 12.8 Å². The van der Waals surface area contributed by atoms with E-state index in [-0.39, 0.29) is 0 Å². The molecule has 0 aliphatic heterocycles. The largest absolute Gasteiger partial charge is 0.396 e. The van der Waals surface area contributed by atoms with Crippen molar-refractivity contribution < 1.29 is 14.5 Å². The molecule has 90 valence electrons. The summed E-state index contributed by atoms with van der Waals surface area (Å²) in [6.07, 6.45) is 4.44. The third-order valence-corrected chi connectivity index (χ3v) is 3.25. The van der Waals surface area contributed by atoms with E-state index in [1.54, 1.807) is 0 Å². The second-order valence-corrected chi connectivity index (χ2v) is 4.43. The van der Waals surface area contributed by atoms with Gasteiger partial charge in [-0.25, -0.2) is 4.63 Å². The molecule has 5 nitrogen and oxygen atoms in total. The normalized spacial score (nSPS) is 25.9. The van der Waals surface area contributed by atoms with Crippen LogP contribution in [0.4, 0.5) is 0 Å². The van der Waals surface area contributed by atoms with Crippen molar-refractivity contribution >= 4 is 0 Å². The molecule has 1 aliphatic carbocycles. The summed E-state index contributed by atoms with van der Waals surface area (Å²) in [6, 6.07) is 0. The molecule has 1 aliphatic rings. The molecule has 1 saturated carbocycles. The highest BCUT2D eigenvalue weighted by molar-refractivity contribution is 5.02. The van der Waals surface area contributed by atoms with Crippen molar-refractivity contribution in [2.45, 2.75) is 45.3 Å². The van der Waals surface area contributed by atoms with Crippen molar-refractivity contribution in [3.63, 3.8) is 0 Å². The van der Waals surface area contributed by atoms with E-state index in [1.165, 1.54) is 0 Å². The van der Waals surface area contributed by atoms with Gasteiger partial charge in [-0.2, -0.15) is 0 Å². The summed E-state index contributed by atoms with van der Waals surface area (Å²) < 4.78 is 10.4. The van der Waals surface area contributed by atoms with Crippen LogP contribution in [-0.2, 0) is 11.3 Å². The van der Waals surface area contributed by atoms with E-state index in [9.17, 15) is 0 Å². The zero-order chi connectivity index (χ0) is 11.4. The molecule has 1 fully saturated rings. The average molecular weight is 226 g/mol. The second kappa shape index (κ2) is 5.41. The van der Waals surface area contributed by atoms with E-state index in [2.05, 4.69) is 14.9 Å². The van der Waals surface area contributed by atoms with Crippen LogP contribution in [0.25, 0.3) is 0 Å². The highest BCUT2D eigenvalue weighted by Gasteiger charge is 2.21. The summed E-state index contributed by atoms with van der Waals surface area (Å²) >= 11 is 0. The number of aromatic nitrogens is 2. The fraction of sp³-hybridized carbons (Fsp3) is 0.818. The Bertz CT molecular complexity index is 319. The van der Waals surface area contributed by atoms with Crippen LogP contribution in [-0.4, -0.2) is 28.1 Å². The molecule has 0 radical (unpaired) electrons. The fourth-order valence-corrected chi connectivity index (χ4v) is 2.06. The summed E-state index contributed by atoms with van der Waals surface area (Å²) in [5, 5.41) is 16.5. The van der Waals surface area contributed by atoms with Crippen LogP contribution in [0.3, 0.4) is 0 Å². The van der Waals surface area contributed by atoms with E-state index in [1.807, 2.05) is 6.92 Å². The molecular formula is C11H18N2O3. The summed E-state index contributed by atoms with van der Waals surface area (Å²) in [6.45, 7) is 2.64. The number of aliphatic hydroxyl groups excluding tert-OH is 1. The fourth-order valence-electron chi connectivity index (χ4n) is 2.06. The van der Waals surface area contributed by atoms with Gasteiger partial charge in [0, 0.05) is 6.61 Å². The SMILES string of the molecule is Cc1nonc1COC1CCC(CO)CC1. The molecule has 0 bridgehead atoms. The highest BCUT2D eigenvalue weighted by atomic mass is 16.6. The molecule has 0 saturated heterocycles. The molecule has 1 aromatic heterocycles. The first-order valence-corrected chi connectivity index (χ1v) is 5.80. The van der Waals surface area contributed by atoms with Gasteiger partial charge in [-0.05, 0) is 38.5 Å². The van der Waals surface area contributed by atoms with Crippen molar-refractivity contribution in [3.8, 4) is 0 Å². The Morgan fingerprint density at radius 3 is 2.62 bits per heavy atom. The number of ether oxygens (including phenoxy) is 1. The minimum Gasteiger partial charge on any atom is -0.396 e. The average Bonchev–Trinajstić information content (AvgIpc) is 2.73. The number of hydrogen-bond donors (Lipinski definition) is 1. The van der Waals surface area contributed by atoms with Gasteiger partial charge in [0.15, 0.2) is 0 Å². The van der Waals surface area contributed by atoms with Crippen molar-refractivity contribution in [2.24, 2.45) is 5.92 Å². The lowest BCUT2D eigenvalue weighted by molar-refractivity contribution is -0.00124. The van der Waals surface area contributed by atoms with Crippen LogP contribution < -0.4 is 0 Å². The van der Waals surface area contributed by atoms with Gasteiger partial charge in [-0.3, -0.25) is 0 Å². The van der Waals surface area contributed by atoms with Crippen molar-refractivity contribution in [2.75, 3.05) is 6.61 Å². The lowest BCUT2D eigenvalue weighted by Gasteiger charge is -2.27. The lowest BCUT2D eigenvalue weighted by atomic mass is 9.88. The number of nitrogens with zero attached hydrogens (tertiary/aromatic N) is 2. The highest BCUT2D eigenvalue weighted by Crippen LogP contribution is 2.26. The Kier molecular flexibility index (Phi) is 3.90. The molecule has 5 heteroatoms. The number of rotatable bonds is 4. The minimum absolute atomic E-state index is 0.291. The van der Waals surface area contributed by atoms with E-state index in [4.69, 9.17) is 9.84 Å². The van der Waals surface area contributed by atoms with Crippen LogP contribution >= 0.6 is 0 Å². The number of aryl methyl sites for hydroxylation is 1. The first-order chi connectivity index (χ1) is 7.79. The predicted molar refractivity (Wildman–Crippen MR) is 56.7 cm³/mol. The molecular weight excluding hydrogens is 208 g/mol. The lowest BCUT2D eigenvalue weighted by Crippen LogP contribution is -2.23. The third-order valence-electron chi connectivity index (χ3n) is 3.25. The van der Waals surface area contributed by atoms with Crippen molar-refractivity contribution in [1.29, 1.82) is 0 Å². The zero-order valence-electron chi connectivity index (χ0n) is 9.56. The molecule has 1 heterocycles. The van der Waals surface area contributed by atoms with E-state index < -0.39 is 0 Å². The van der Waals surface area contributed by atoms with Gasteiger partial charge in [0.25, 0.3) is 0 Å². The number of aliphatic hydroxyl groups is 1. The maximum absolute atomic E-state index is 9.02. The Morgan fingerprint density at radius 2 is 2.06 bits per heavy atom. The van der Waals surface area contributed by atoms with Crippen LogP contribution in [0.2, 0.25) is 0 Å². The zero-order valence-corrected chi connectivity index (χ0v) is 9.56. The Hall–Kier alpha value is -0.940. The van der Waals surface area contributed by atoms with Crippen molar-refractivity contribution in [1.82, 2.24) is 10.3 Å². The van der Waals surface area contributed by atoms with Gasteiger partial charge in [0.2, 0.25) is 0 Å². The van der Waals surface area contributed by atoms with Gasteiger partial charge in [0.05, 0.1) is 12.7 Å². The van der Waals surface area contributed by atoms with Crippen molar-refractivity contribution in [3.05, 3.63) is 11.4 Å². The maximum atomic E-state index is 9.02. The first kappa shape index (κ1) is 11.5. The van der Waals surface area contributed by atoms with Gasteiger partial charge < -0.3 is 9.84 Å². The first-order valence-electron chi connectivity index (χ1n) is 5.80. The standard InChI is InChI=1S/C11H18N2O3/c1-8-11(13-16-12-8)7-15-10-4-2-9(6-14)3-5-10/h9-10,14H,2-7H2,1H3. The molecule has 2 rings (SSSR count). The monoisotopic (exact) mass is 226 g/mol. The smallest absolute Gasteiger partial charge is 0.133 e. The van der Waals surface area contributed by atoms with Crippen LogP contribution in [0.5, 0.6) is 0 Å². The predicted octanol–water partition coefficient (Wildman–Crippen LogP) is 1.45. The van der Waals surface area contributed by atoms with E-state index >= 15 is 0 Å². The van der Waals surface area contributed by atoms with E-state index in [0.29, 0.717) is 25.2 Å². The topological polar surface area (TPSA) is 68.4 Å². The van der Waals surface area contributed by atoms with Gasteiger partial charge in [-0.15, -0.1) is 0 Å². The van der Waals surface area contributed by atoms with Gasteiger partial charge >= 0.3 is 0 Å². The molecule has 0 unspecified atom stereocenters. The Labute approximate surface area is 94.8 Å². The quantitative estimate of drug-likeness (QED) is 0.841. The second-order valence-electron chi connectivity index (χ2n) is 4.43. The number of hydrogen-bond acceptors (Lipinski definition) is 5. The van der Waals surface area contributed by atoms with Gasteiger partial charge in [0.1, 0.15) is 11.4 Å². The maximum Gasteiger partial charge on any atom is 0.133 e. The molecule has 1 N–H and O–H groups in total. The molecule has 1 aromatic rings. The van der Waals surface area contributed by atoms with Crippen LogP contribution in [0.15, 0.2) is 4.63 Å². The summed E-state index contributed by atoms with van der Waals surface area (Å²) in [4.78, 5) is 0. The molecule has 0 spiro atoms. The van der Waals surface area contributed by atoms with E-state index in [0.717, 1.165) is 37.1 Å². The molecule has 0 atom stereocenters. The molecule has 0 aromatic carbocycles. The summed E-state index contributed by atoms with van der Waals surface area (Å²) in [5.74, 6) is 0.468. The van der Waals surface area contributed by atoms with Crippen LogP contribution in [0.1, 0.15) is 37.1 Å². The summed E-state index contributed by atoms with van der Waals surface area (Å²) in [5.41, 5.74) is 1.58. The minimum atomic E-state index is 0.291. The summed E-state index contributed by atoms with van der Waals surface area (Å²) in [7, 11) is 0. The molecule has 0 amide bonds. The third kappa shape index (κ3) is 2.80. The molecule has 16 heavy (non-hydrogen) atoms. The Morgan fingerprint density at radius 1 is 1.31 bits per heavy atom.